The third-order valence-electron chi connectivity index (χ3n) is 3.49. The minimum Gasteiger partial charge on any atom is -0.368 e. The molecule has 8 nitrogen and oxygen atoms in total. The summed E-state index contributed by atoms with van der Waals surface area (Å²) in [5.41, 5.74) is 5.79. The third kappa shape index (κ3) is 3.59. The molecule has 3 heterocycles. The van der Waals surface area contributed by atoms with Crippen molar-refractivity contribution in [3.8, 4) is 0 Å². The van der Waals surface area contributed by atoms with Crippen LogP contribution in [0.4, 0.5) is 17.8 Å². The quantitative estimate of drug-likeness (QED) is 0.837. The second kappa shape index (κ2) is 6.38. The van der Waals surface area contributed by atoms with Crippen LogP contribution in [0.15, 0.2) is 18.7 Å². The van der Waals surface area contributed by atoms with Crippen LogP contribution in [-0.2, 0) is 6.54 Å². The number of nitrogens with one attached hydrogen (secondary N) is 1. The van der Waals surface area contributed by atoms with Gasteiger partial charge in [0.2, 0.25) is 17.8 Å². The van der Waals surface area contributed by atoms with Crippen molar-refractivity contribution in [1.82, 2.24) is 24.5 Å². The molecular weight excluding hydrogens is 268 g/mol. The van der Waals surface area contributed by atoms with Crippen LogP contribution < -0.4 is 16.0 Å². The molecule has 1 aliphatic rings. The van der Waals surface area contributed by atoms with Crippen LogP contribution in [0.1, 0.15) is 19.3 Å². The number of aromatic nitrogens is 5. The van der Waals surface area contributed by atoms with E-state index in [1.54, 1.807) is 12.5 Å². The summed E-state index contributed by atoms with van der Waals surface area (Å²) in [5, 5.41) is 3.19. The standard InChI is InChI=1S/C13H20N8/c14-11-17-12(16-5-9-20-8-4-15-10-20)19-13(18-11)21-6-2-1-3-7-21/h4,8,10H,1-3,5-7,9H2,(H3,14,16,17,18,19). The molecule has 2 aromatic rings. The van der Waals surface area contributed by atoms with Gasteiger partial charge in [0.15, 0.2) is 0 Å². The Kier molecular flexibility index (Phi) is 4.13. The summed E-state index contributed by atoms with van der Waals surface area (Å²) in [4.78, 5) is 19.0. The van der Waals surface area contributed by atoms with Gasteiger partial charge >= 0.3 is 0 Å². The molecule has 21 heavy (non-hydrogen) atoms. The van der Waals surface area contributed by atoms with E-state index in [0.29, 0.717) is 18.4 Å². The average Bonchev–Trinajstić information content (AvgIpc) is 3.01. The van der Waals surface area contributed by atoms with E-state index in [2.05, 4.69) is 30.2 Å². The molecule has 0 atom stereocenters. The zero-order chi connectivity index (χ0) is 14.5. The van der Waals surface area contributed by atoms with Crippen molar-refractivity contribution in [3.05, 3.63) is 18.7 Å². The fourth-order valence-electron chi connectivity index (χ4n) is 2.41. The Hall–Kier alpha value is -2.38. The van der Waals surface area contributed by atoms with Gasteiger partial charge in [0.25, 0.3) is 0 Å². The van der Waals surface area contributed by atoms with Crippen molar-refractivity contribution >= 4 is 17.8 Å². The number of rotatable bonds is 5. The maximum absolute atomic E-state index is 5.79. The summed E-state index contributed by atoms with van der Waals surface area (Å²) >= 11 is 0. The predicted octanol–water partition coefficient (Wildman–Crippen LogP) is 0.753. The summed E-state index contributed by atoms with van der Waals surface area (Å²) in [5.74, 6) is 1.46. The number of anilines is 3. The molecule has 3 rings (SSSR count). The molecule has 1 fully saturated rings. The van der Waals surface area contributed by atoms with Crippen molar-refractivity contribution in [2.24, 2.45) is 0 Å². The molecule has 0 aromatic carbocycles. The second-order valence-corrected chi connectivity index (χ2v) is 5.09. The fraction of sp³-hybridized carbons (Fsp3) is 0.538. The minimum atomic E-state index is 0.260. The summed E-state index contributed by atoms with van der Waals surface area (Å²) < 4.78 is 1.99. The first-order valence-electron chi connectivity index (χ1n) is 7.27. The van der Waals surface area contributed by atoms with E-state index in [-0.39, 0.29) is 5.95 Å². The summed E-state index contributed by atoms with van der Waals surface area (Å²) in [6.45, 7) is 3.47. The van der Waals surface area contributed by atoms with Gasteiger partial charge in [-0.15, -0.1) is 0 Å². The van der Waals surface area contributed by atoms with Gasteiger partial charge in [0.1, 0.15) is 0 Å². The average molecular weight is 288 g/mol. The van der Waals surface area contributed by atoms with Gasteiger partial charge < -0.3 is 20.5 Å². The Morgan fingerprint density at radius 3 is 2.76 bits per heavy atom. The number of piperidine rings is 1. The first kappa shape index (κ1) is 13.6. The number of hydrogen-bond donors (Lipinski definition) is 2. The normalized spacial score (nSPS) is 15.1. The van der Waals surface area contributed by atoms with Crippen molar-refractivity contribution in [2.45, 2.75) is 25.8 Å². The van der Waals surface area contributed by atoms with Crippen molar-refractivity contribution < 1.29 is 0 Å². The first-order chi connectivity index (χ1) is 10.3. The Morgan fingerprint density at radius 1 is 1.14 bits per heavy atom. The third-order valence-corrected chi connectivity index (χ3v) is 3.49. The molecule has 0 radical (unpaired) electrons. The van der Waals surface area contributed by atoms with Crippen LogP contribution in [-0.4, -0.2) is 44.1 Å². The molecule has 8 heteroatoms. The maximum atomic E-state index is 5.79. The van der Waals surface area contributed by atoms with E-state index < -0.39 is 0 Å². The Labute approximate surface area is 123 Å². The van der Waals surface area contributed by atoms with E-state index in [1.807, 2.05) is 10.8 Å². The summed E-state index contributed by atoms with van der Waals surface area (Å²) in [6.07, 6.45) is 9.08. The zero-order valence-electron chi connectivity index (χ0n) is 11.9. The molecule has 0 unspecified atom stereocenters. The maximum Gasteiger partial charge on any atom is 0.231 e. The lowest BCUT2D eigenvalue weighted by molar-refractivity contribution is 0.568. The number of nitrogens with two attached hydrogens (primary N) is 1. The summed E-state index contributed by atoms with van der Waals surface area (Å²) in [6, 6.07) is 0. The van der Waals surface area contributed by atoms with E-state index in [9.17, 15) is 0 Å². The molecule has 0 amide bonds. The van der Waals surface area contributed by atoms with Crippen LogP contribution in [0.3, 0.4) is 0 Å². The van der Waals surface area contributed by atoms with Crippen LogP contribution in [0.25, 0.3) is 0 Å². The van der Waals surface area contributed by atoms with Gasteiger partial charge in [-0.25, -0.2) is 4.98 Å². The van der Waals surface area contributed by atoms with Crippen LogP contribution in [0.2, 0.25) is 0 Å². The van der Waals surface area contributed by atoms with E-state index in [4.69, 9.17) is 5.73 Å². The van der Waals surface area contributed by atoms with Gasteiger partial charge in [0.05, 0.1) is 6.33 Å². The van der Waals surface area contributed by atoms with Crippen molar-refractivity contribution in [1.29, 1.82) is 0 Å². The van der Waals surface area contributed by atoms with E-state index in [0.717, 1.165) is 19.6 Å². The number of nitrogens with zero attached hydrogens (tertiary/aromatic N) is 6. The van der Waals surface area contributed by atoms with Crippen LogP contribution in [0.5, 0.6) is 0 Å². The lowest BCUT2D eigenvalue weighted by atomic mass is 10.1. The lowest BCUT2D eigenvalue weighted by Gasteiger charge is -2.26. The number of nitrogen functional groups attached to an aromatic ring is 1. The molecule has 0 bridgehead atoms. The van der Waals surface area contributed by atoms with Gasteiger partial charge in [-0.3, -0.25) is 0 Å². The van der Waals surface area contributed by atoms with Gasteiger partial charge in [0, 0.05) is 38.6 Å². The first-order valence-corrected chi connectivity index (χ1v) is 7.27. The largest absolute Gasteiger partial charge is 0.368 e. The Balaban J connectivity index is 1.63. The highest BCUT2D eigenvalue weighted by Gasteiger charge is 2.15. The number of imidazole rings is 1. The highest BCUT2D eigenvalue weighted by atomic mass is 15.3. The predicted molar refractivity (Wildman–Crippen MR) is 81.0 cm³/mol. The monoisotopic (exact) mass is 288 g/mol. The molecule has 1 aliphatic heterocycles. The second-order valence-electron chi connectivity index (χ2n) is 5.09. The molecule has 112 valence electrons. The van der Waals surface area contributed by atoms with Gasteiger partial charge in [-0.1, -0.05) is 0 Å². The van der Waals surface area contributed by atoms with Gasteiger partial charge in [-0.05, 0) is 19.3 Å². The zero-order valence-corrected chi connectivity index (χ0v) is 11.9. The van der Waals surface area contributed by atoms with E-state index >= 15 is 0 Å². The highest BCUT2D eigenvalue weighted by molar-refractivity contribution is 5.42. The fourth-order valence-corrected chi connectivity index (χ4v) is 2.41. The van der Waals surface area contributed by atoms with Gasteiger partial charge in [-0.2, -0.15) is 15.0 Å². The lowest BCUT2D eigenvalue weighted by Crippen LogP contribution is -2.31. The minimum absolute atomic E-state index is 0.260. The Bertz CT molecular complexity index is 562. The molecule has 1 saturated heterocycles. The molecule has 2 aromatic heterocycles. The molecule has 0 spiro atoms. The van der Waals surface area contributed by atoms with Crippen molar-refractivity contribution in [3.63, 3.8) is 0 Å². The smallest absolute Gasteiger partial charge is 0.231 e. The van der Waals surface area contributed by atoms with Crippen LogP contribution in [0, 0.1) is 0 Å². The highest BCUT2D eigenvalue weighted by Crippen LogP contribution is 2.17. The topological polar surface area (TPSA) is 97.8 Å². The number of hydrogen-bond acceptors (Lipinski definition) is 7. The Morgan fingerprint density at radius 2 is 2.00 bits per heavy atom. The van der Waals surface area contributed by atoms with Crippen LogP contribution >= 0.6 is 0 Å². The van der Waals surface area contributed by atoms with Crippen molar-refractivity contribution in [2.75, 3.05) is 35.6 Å². The molecule has 0 aliphatic carbocycles. The SMILES string of the molecule is Nc1nc(NCCn2ccnc2)nc(N2CCCCC2)n1. The van der Waals surface area contributed by atoms with E-state index in [1.165, 1.54) is 19.3 Å². The molecule has 0 saturated carbocycles. The summed E-state index contributed by atoms with van der Waals surface area (Å²) in [7, 11) is 0. The molecule has 3 N–H and O–H groups in total. The molecular formula is C13H20N8.